The molecule has 0 spiro atoms. The normalized spacial score (nSPS) is 18.6. The summed E-state index contributed by atoms with van der Waals surface area (Å²) in [7, 11) is 1.29. The summed E-state index contributed by atoms with van der Waals surface area (Å²) in [4.78, 5) is 50.3. The van der Waals surface area contributed by atoms with Gasteiger partial charge in [0.2, 0.25) is 0 Å². The molecule has 1 heterocycles. The van der Waals surface area contributed by atoms with Crippen LogP contribution in [-0.4, -0.2) is 46.8 Å². The van der Waals surface area contributed by atoms with Crippen molar-refractivity contribution in [2.75, 3.05) is 7.11 Å². The monoisotopic (exact) mass is 330 g/mol. The highest BCUT2D eigenvalue weighted by atomic mass is 16.5. The average molecular weight is 330 g/mol. The second kappa shape index (κ2) is 6.43. The predicted molar refractivity (Wildman–Crippen MR) is 82.8 cm³/mol. The molecule has 1 aromatic carbocycles. The van der Waals surface area contributed by atoms with E-state index in [-0.39, 0.29) is 12.6 Å². The Morgan fingerprint density at radius 3 is 2.29 bits per heavy atom. The summed E-state index contributed by atoms with van der Waals surface area (Å²) in [6.45, 7) is 0.00802. The number of carbonyl (C=O) groups is 4. The van der Waals surface area contributed by atoms with E-state index in [1.807, 2.05) is 0 Å². The van der Waals surface area contributed by atoms with Crippen LogP contribution < -0.4 is 0 Å². The van der Waals surface area contributed by atoms with Crippen molar-refractivity contribution in [1.82, 2.24) is 9.80 Å². The summed E-state index contributed by atoms with van der Waals surface area (Å²) < 4.78 is 4.62. The van der Waals surface area contributed by atoms with E-state index in [0.29, 0.717) is 11.1 Å². The molecule has 24 heavy (non-hydrogen) atoms. The van der Waals surface area contributed by atoms with Crippen LogP contribution in [0.3, 0.4) is 0 Å². The average Bonchev–Trinajstić information content (AvgIpc) is 3.18. The highest BCUT2D eigenvalue weighted by Crippen LogP contribution is 2.28. The van der Waals surface area contributed by atoms with E-state index in [0.717, 1.165) is 35.5 Å². The van der Waals surface area contributed by atoms with Crippen LogP contribution in [0.2, 0.25) is 0 Å². The van der Waals surface area contributed by atoms with Crippen molar-refractivity contribution < 1.29 is 23.9 Å². The third-order valence-corrected chi connectivity index (χ3v) is 4.49. The summed E-state index contributed by atoms with van der Waals surface area (Å²) in [5.74, 6) is -1.99. The van der Waals surface area contributed by atoms with Gasteiger partial charge >= 0.3 is 23.8 Å². The van der Waals surface area contributed by atoms with Gasteiger partial charge in [-0.1, -0.05) is 25.0 Å². The Kier molecular flexibility index (Phi) is 4.33. The van der Waals surface area contributed by atoms with Gasteiger partial charge in [0.25, 0.3) is 0 Å². The lowest BCUT2D eigenvalue weighted by atomic mass is 10.1. The summed E-state index contributed by atoms with van der Waals surface area (Å²) >= 11 is 0. The zero-order valence-corrected chi connectivity index (χ0v) is 13.4. The molecular formula is C17H18N2O5. The minimum Gasteiger partial charge on any atom is -0.465 e. The number of esters is 1. The Hall–Kier alpha value is -2.70. The van der Waals surface area contributed by atoms with Gasteiger partial charge in [-0.3, -0.25) is 19.4 Å². The number of imide groups is 2. The third-order valence-electron chi connectivity index (χ3n) is 4.49. The molecule has 0 atom stereocenters. The Bertz CT molecular complexity index is 691. The van der Waals surface area contributed by atoms with Crippen molar-refractivity contribution in [3.63, 3.8) is 0 Å². The molecule has 1 saturated heterocycles. The number of nitrogens with zero attached hydrogens (tertiary/aromatic N) is 2. The molecule has 126 valence electrons. The van der Waals surface area contributed by atoms with E-state index < -0.39 is 23.8 Å². The fourth-order valence-electron chi connectivity index (χ4n) is 3.19. The van der Waals surface area contributed by atoms with Gasteiger partial charge in [-0.05, 0) is 30.5 Å². The van der Waals surface area contributed by atoms with Crippen LogP contribution in [-0.2, 0) is 20.9 Å². The standard InChI is InChI=1S/C17H18N2O5/c1-24-16(22)12-8-6-11(7-9-12)10-18-14(20)15(21)19(17(18)23)13-4-2-3-5-13/h6-9,13H,2-5,10H2,1H3. The van der Waals surface area contributed by atoms with E-state index in [1.54, 1.807) is 24.3 Å². The number of hydrogen-bond donors (Lipinski definition) is 0. The van der Waals surface area contributed by atoms with Crippen molar-refractivity contribution in [3.8, 4) is 0 Å². The molecule has 1 aromatic rings. The fraction of sp³-hybridized carbons (Fsp3) is 0.412. The highest BCUT2D eigenvalue weighted by molar-refractivity contribution is 6.44. The van der Waals surface area contributed by atoms with Gasteiger partial charge in [0.05, 0.1) is 19.2 Å². The van der Waals surface area contributed by atoms with Crippen LogP contribution in [0.25, 0.3) is 0 Å². The Morgan fingerprint density at radius 1 is 1.08 bits per heavy atom. The number of rotatable bonds is 4. The number of benzene rings is 1. The quantitative estimate of drug-likeness (QED) is 0.477. The summed E-state index contributed by atoms with van der Waals surface area (Å²) in [6.07, 6.45) is 3.44. The van der Waals surface area contributed by atoms with Crippen LogP contribution in [0.4, 0.5) is 4.79 Å². The van der Waals surface area contributed by atoms with E-state index in [4.69, 9.17) is 0 Å². The van der Waals surface area contributed by atoms with Gasteiger partial charge in [-0.15, -0.1) is 0 Å². The van der Waals surface area contributed by atoms with Crippen molar-refractivity contribution in [1.29, 1.82) is 0 Å². The van der Waals surface area contributed by atoms with Crippen LogP contribution in [0.1, 0.15) is 41.6 Å². The fourth-order valence-corrected chi connectivity index (χ4v) is 3.19. The molecule has 7 nitrogen and oxygen atoms in total. The van der Waals surface area contributed by atoms with Crippen molar-refractivity contribution in [3.05, 3.63) is 35.4 Å². The smallest absolute Gasteiger partial charge is 0.337 e. The van der Waals surface area contributed by atoms with E-state index in [9.17, 15) is 19.2 Å². The lowest BCUT2D eigenvalue weighted by molar-refractivity contribution is -0.144. The largest absolute Gasteiger partial charge is 0.465 e. The molecule has 4 amide bonds. The number of methoxy groups -OCH3 is 1. The minimum atomic E-state index is -0.788. The van der Waals surface area contributed by atoms with Crippen molar-refractivity contribution in [2.45, 2.75) is 38.3 Å². The van der Waals surface area contributed by atoms with Gasteiger partial charge < -0.3 is 4.74 Å². The Labute approximate surface area is 139 Å². The molecule has 0 bridgehead atoms. The van der Waals surface area contributed by atoms with Crippen LogP contribution in [0.5, 0.6) is 0 Å². The summed E-state index contributed by atoms with van der Waals surface area (Å²) in [5, 5.41) is 0. The van der Waals surface area contributed by atoms with E-state index >= 15 is 0 Å². The molecule has 2 fully saturated rings. The second-order valence-electron chi connectivity index (χ2n) is 5.98. The Balaban J connectivity index is 1.75. The van der Waals surface area contributed by atoms with Crippen LogP contribution in [0, 0.1) is 0 Å². The molecule has 0 radical (unpaired) electrons. The molecule has 1 saturated carbocycles. The van der Waals surface area contributed by atoms with Crippen LogP contribution in [0.15, 0.2) is 24.3 Å². The first-order valence-corrected chi connectivity index (χ1v) is 7.89. The topological polar surface area (TPSA) is 84.0 Å². The summed E-state index contributed by atoms with van der Waals surface area (Å²) in [5.41, 5.74) is 1.04. The van der Waals surface area contributed by atoms with Crippen LogP contribution >= 0.6 is 0 Å². The molecule has 1 aliphatic heterocycles. The first kappa shape index (κ1) is 16.2. The molecule has 1 aliphatic carbocycles. The lowest BCUT2D eigenvalue weighted by Crippen LogP contribution is -2.39. The predicted octanol–water partition coefficient (Wildman–Crippen LogP) is 1.71. The number of carbonyl (C=O) groups excluding carboxylic acids is 4. The van der Waals surface area contributed by atoms with Crippen molar-refractivity contribution >= 4 is 23.8 Å². The SMILES string of the molecule is COC(=O)c1ccc(CN2C(=O)C(=O)N(C3CCCC3)C2=O)cc1. The second-order valence-corrected chi connectivity index (χ2v) is 5.98. The van der Waals surface area contributed by atoms with Gasteiger partial charge in [0.1, 0.15) is 0 Å². The molecule has 0 N–H and O–H groups in total. The third kappa shape index (κ3) is 2.77. The van der Waals surface area contributed by atoms with Gasteiger partial charge in [0.15, 0.2) is 0 Å². The lowest BCUT2D eigenvalue weighted by Gasteiger charge is -2.21. The van der Waals surface area contributed by atoms with Gasteiger partial charge in [-0.25, -0.2) is 9.59 Å². The van der Waals surface area contributed by atoms with Gasteiger partial charge in [-0.2, -0.15) is 0 Å². The molecule has 0 aromatic heterocycles. The maximum atomic E-state index is 12.5. The zero-order chi connectivity index (χ0) is 17.3. The number of ether oxygens (including phenoxy) is 1. The van der Waals surface area contributed by atoms with E-state index in [2.05, 4.69) is 4.74 Å². The number of urea groups is 1. The van der Waals surface area contributed by atoms with E-state index in [1.165, 1.54) is 7.11 Å². The number of hydrogen-bond acceptors (Lipinski definition) is 5. The molecule has 0 unspecified atom stereocenters. The first-order valence-electron chi connectivity index (χ1n) is 7.89. The minimum absolute atomic E-state index is 0.00802. The summed E-state index contributed by atoms with van der Waals surface area (Å²) in [6, 6.07) is 5.67. The molecule has 2 aliphatic rings. The maximum Gasteiger partial charge on any atom is 0.337 e. The number of amides is 4. The Morgan fingerprint density at radius 2 is 1.71 bits per heavy atom. The maximum absolute atomic E-state index is 12.5. The highest BCUT2D eigenvalue weighted by Gasteiger charge is 2.47. The molecule has 3 rings (SSSR count). The molecule has 7 heteroatoms. The first-order chi connectivity index (χ1) is 11.5. The molecular weight excluding hydrogens is 312 g/mol. The zero-order valence-electron chi connectivity index (χ0n) is 13.4. The van der Waals surface area contributed by atoms with Crippen molar-refractivity contribution in [2.24, 2.45) is 0 Å². The van der Waals surface area contributed by atoms with Gasteiger partial charge in [0, 0.05) is 6.04 Å².